The first kappa shape index (κ1) is 32.8. The van der Waals surface area contributed by atoms with Crippen LogP contribution in [-0.4, -0.2) is 14.1 Å². The predicted octanol–water partition coefficient (Wildman–Crippen LogP) is 15.3. The van der Waals surface area contributed by atoms with Crippen LogP contribution in [0.15, 0.2) is 194 Å². The molecule has 0 fully saturated rings. The van der Waals surface area contributed by atoms with Crippen molar-refractivity contribution in [3.63, 3.8) is 0 Å². The number of hydrogen-bond acceptors (Lipinski definition) is 2. The van der Waals surface area contributed by atoms with Gasteiger partial charge in [0.25, 0.3) is 0 Å². The minimum Gasteiger partial charge on any atom is -0.344 e. The van der Waals surface area contributed by atoms with Crippen molar-refractivity contribution in [1.29, 1.82) is 0 Å². The number of anilines is 4. The molecule has 0 spiro atoms. The standard InChI is InChI=1S/C56H38N2/c1-57-51-27-28-52-56-46(44-24-22-42(34-54(44)58(52)2)50-32-40-20-12-10-18-38(40)30-48(50)36-15-7-4-8-16-36)26-25-45(55(51)56)43-23-21-41(33-53(43)57)49-31-39-19-11-9-17-37(39)29-47(49)35-13-5-3-6-14-35/h3-34H,1-2H3. The van der Waals surface area contributed by atoms with Crippen molar-refractivity contribution in [3.8, 4) is 66.8 Å². The summed E-state index contributed by atoms with van der Waals surface area (Å²) in [5.41, 5.74) is 19.9. The van der Waals surface area contributed by atoms with Gasteiger partial charge in [-0.05, 0) is 126 Å². The summed E-state index contributed by atoms with van der Waals surface area (Å²) < 4.78 is 0. The lowest BCUT2D eigenvalue weighted by Crippen LogP contribution is -2.19. The fraction of sp³-hybridized carbons (Fsp3) is 0.0357. The van der Waals surface area contributed by atoms with Crippen molar-refractivity contribution in [2.45, 2.75) is 0 Å². The molecule has 10 aromatic rings. The highest BCUT2D eigenvalue weighted by atomic mass is 15.1. The Bertz CT molecular complexity index is 3090. The van der Waals surface area contributed by atoms with Crippen molar-refractivity contribution < 1.29 is 0 Å². The fourth-order valence-corrected chi connectivity index (χ4v) is 9.81. The average molecular weight is 739 g/mol. The molecule has 2 nitrogen and oxygen atoms in total. The Labute approximate surface area is 338 Å². The lowest BCUT2D eigenvalue weighted by atomic mass is 9.83. The van der Waals surface area contributed by atoms with Gasteiger partial charge < -0.3 is 9.80 Å². The lowest BCUT2D eigenvalue weighted by molar-refractivity contribution is 1.19. The summed E-state index contributed by atoms with van der Waals surface area (Å²) in [6.45, 7) is 0. The highest BCUT2D eigenvalue weighted by Crippen LogP contribution is 2.56. The highest BCUT2D eigenvalue weighted by Gasteiger charge is 2.30. The molecule has 0 unspecified atom stereocenters. The third-order valence-electron chi connectivity index (χ3n) is 12.7. The van der Waals surface area contributed by atoms with E-state index in [1.165, 1.54) is 122 Å². The molecule has 0 saturated heterocycles. The molecule has 10 aromatic carbocycles. The van der Waals surface area contributed by atoms with Crippen molar-refractivity contribution in [1.82, 2.24) is 0 Å². The van der Waals surface area contributed by atoms with Crippen LogP contribution in [0.5, 0.6) is 0 Å². The average Bonchev–Trinajstić information content (AvgIpc) is 3.29. The van der Waals surface area contributed by atoms with Crippen molar-refractivity contribution in [2.75, 3.05) is 23.9 Å². The first-order valence-corrected chi connectivity index (χ1v) is 20.1. The van der Waals surface area contributed by atoms with Gasteiger partial charge in [0.2, 0.25) is 0 Å². The van der Waals surface area contributed by atoms with Gasteiger partial charge in [0.15, 0.2) is 0 Å². The predicted molar refractivity (Wildman–Crippen MR) is 248 cm³/mol. The van der Waals surface area contributed by atoms with E-state index in [0.29, 0.717) is 0 Å². The Hall–Kier alpha value is -7.42. The smallest absolute Gasteiger partial charge is 0.0496 e. The Balaban J connectivity index is 1.00. The fourth-order valence-electron chi connectivity index (χ4n) is 9.81. The van der Waals surface area contributed by atoms with Gasteiger partial charge in [-0.2, -0.15) is 0 Å². The van der Waals surface area contributed by atoms with E-state index >= 15 is 0 Å². The molecule has 0 aromatic heterocycles. The summed E-state index contributed by atoms with van der Waals surface area (Å²) >= 11 is 0. The Kier molecular flexibility index (Phi) is 7.09. The quantitative estimate of drug-likeness (QED) is 0.177. The summed E-state index contributed by atoms with van der Waals surface area (Å²) in [5, 5.41) is 7.63. The molecule has 0 saturated carbocycles. The molecule has 0 amide bonds. The third-order valence-corrected chi connectivity index (χ3v) is 12.7. The monoisotopic (exact) mass is 738 g/mol. The van der Waals surface area contributed by atoms with Crippen LogP contribution >= 0.6 is 0 Å². The second-order valence-electron chi connectivity index (χ2n) is 15.8. The second kappa shape index (κ2) is 12.5. The van der Waals surface area contributed by atoms with Gasteiger partial charge in [0.05, 0.1) is 0 Å². The molecule has 2 heterocycles. The summed E-state index contributed by atoms with van der Waals surface area (Å²) in [6, 6.07) is 71.9. The van der Waals surface area contributed by atoms with Crippen molar-refractivity contribution >= 4 is 55.1 Å². The van der Waals surface area contributed by atoms with E-state index in [4.69, 9.17) is 0 Å². The van der Waals surface area contributed by atoms with Gasteiger partial charge in [-0.3, -0.25) is 0 Å². The third kappa shape index (κ3) is 4.85. The molecular weight excluding hydrogens is 701 g/mol. The molecule has 2 heteroatoms. The minimum absolute atomic E-state index is 1.22. The summed E-state index contributed by atoms with van der Waals surface area (Å²) in [7, 11) is 4.46. The summed E-state index contributed by atoms with van der Waals surface area (Å²) in [5.74, 6) is 0. The topological polar surface area (TPSA) is 6.48 Å². The zero-order valence-corrected chi connectivity index (χ0v) is 32.4. The van der Waals surface area contributed by atoms with E-state index < -0.39 is 0 Å². The molecule has 58 heavy (non-hydrogen) atoms. The number of nitrogens with zero attached hydrogens (tertiary/aromatic N) is 2. The van der Waals surface area contributed by atoms with Crippen LogP contribution in [0, 0.1) is 0 Å². The van der Waals surface area contributed by atoms with Gasteiger partial charge in [-0.1, -0.05) is 146 Å². The van der Waals surface area contributed by atoms with Crippen LogP contribution in [-0.2, 0) is 0 Å². The van der Waals surface area contributed by atoms with Crippen LogP contribution < -0.4 is 9.80 Å². The zero-order chi connectivity index (χ0) is 38.5. The number of hydrogen-bond donors (Lipinski definition) is 0. The Morgan fingerprint density at radius 1 is 0.241 bits per heavy atom. The van der Waals surface area contributed by atoms with Crippen LogP contribution in [0.2, 0.25) is 0 Å². The summed E-state index contributed by atoms with van der Waals surface area (Å²) in [6.07, 6.45) is 0. The minimum atomic E-state index is 1.22. The van der Waals surface area contributed by atoms with Crippen LogP contribution in [0.1, 0.15) is 0 Å². The molecular formula is C56H38N2. The number of rotatable bonds is 4. The van der Waals surface area contributed by atoms with Crippen molar-refractivity contribution in [3.05, 3.63) is 194 Å². The van der Waals surface area contributed by atoms with E-state index in [1.807, 2.05) is 0 Å². The molecule has 0 atom stereocenters. The molecule has 12 rings (SSSR count). The Morgan fingerprint density at radius 2 is 0.569 bits per heavy atom. The van der Waals surface area contributed by atoms with Gasteiger partial charge >= 0.3 is 0 Å². The van der Waals surface area contributed by atoms with Gasteiger partial charge in [-0.15, -0.1) is 0 Å². The molecule has 0 N–H and O–H groups in total. The first-order chi connectivity index (χ1) is 28.6. The molecule has 272 valence electrons. The lowest BCUT2D eigenvalue weighted by Gasteiger charge is -2.36. The second-order valence-corrected chi connectivity index (χ2v) is 15.8. The van der Waals surface area contributed by atoms with E-state index in [0.717, 1.165) is 0 Å². The number of benzene rings is 10. The number of fused-ring (bicyclic) bond motifs is 6. The summed E-state index contributed by atoms with van der Waals surface area (Å²) in [4.78, 5) is 4.81. The molecule has 0 radical (unpaired) electrons. The molecule has 2 aliphatic rings. The Morgan fingerprint density at radius 3 is 0.948 bits per heavy atom. The maximum Gasteiger partial charge on any atom is 0.0496 e. The van der Waals surface area contributed by atoms with Crippen molar-refractivity contribution in [2.24, 2.45) is 0 Å². The maximum atomic E-state index is 2.40. The van der Waals surface area contributed by atoms with Gasteiger partial charge in [0, 0.05) is 58.7 Å². The first-order valence-electron chi connectivity index (χ1n) is 20.1. The van der Waals surface area contributed by atoms with E-state index in [-0.39, 0.29) is 0 Å². The zero-order valence-electron chi connectivity index (χ0n) is 32.4. The largest absolute Gasteiger partial charge is 0.344 e. The highest BCUT2D eigenvalue weighted by molar-refractivity contribution is 6.23. The molecule has 2 aliphatic heterocycles. The molecule has 0 aliphatic carbocycles. The van der Waals surface area contributed by atoms with E-state index in [2.05, 4.69) is 218 Å². The normalized spacial score (nSPS) is 12.6. The van der Waals surface area contributed by atoms with Crippen LogP contribution in [0.25, 0.3) is 99.1 Å². The van der Waals surface area contributed by atoms with E-state index in [1.54, 1.807) is 0 Å². The SMILES string of the molecule is CN1c2cc(-c3cc4ccccc4cc3-c3ccccc3)ccc2-c2ccc3c4c(ccc1c24)N(C)c1cc(-c2cc4ccccc4cc2-c2ccccc2)ccc1-3. The van der Waals surface area contributed by atoms with Gasteiger partial charge in [-0.25, -0.2) is 0 Å². The van der Waals surface area contributed by atoms with Gasteiger partial charge in [0.1, 0.15) is 0 Å². The van der Waals surface area contributed by atoms with E-state index in [9.17, 15) is 0 Å². The van der Waals surface area contributed by atoms with Crippen LogP contribution in [0.4, 0.5) is 22.7 Å². The maximum absolute atomic E-state index is 2.40. The molecule has 0 bridgehead atoms. The van der Waals surface area contributed by atoms with Crippen LogP contribution in [0.3, 0.4) is 0 Å².